The molecule has 0 N–H and O–H groups in total. The third-order valence-electron chi connectivity index (χ3n) is 5.63. The molecule has 28 heavy (non-hydrogen) atoms. The first-order valence-corrected chi connectivity index (χ1v) is 9.87. The molecule has 7 nitrogen and oxygen atoms in total. The molecule has 2 aliphatic heterocycles. The van der Waals surface area contributed by atoms with Gasteiger partial charge in [0, 0.05) is 45.0 Å². The van der Waals surface area contributed by atoms with Gasteiger partial charge in [-0.15, -0.1) is 10.2 Å². The highest BCUT2D eigenvalue weighted by Crippen LogP contribution is 2.24. The molecule has 0 saturated carbocycles. The van der Waals surface area contributed by atoms with Gasteiger partial charge in [0.15, 0.2) is 17.5 Å². The number of rotatable bonds is 3. The maximum absolute atomic E-state index is 13.8. The van der Waals surface area contributed by atoms with E-state index in [1.54, 1.807) is 4.90 Å². The van der Waals surface area contributed by atoms with Crippen LogP contribution in [0.25, 0.3) is 0 Å². The van der Waals surface area contributed by atoms with Gasteiger partial charge in [0.25, 0.3) is 5.91 Å². The van der Waals surface area contributed by atoms with Crippen molar-refractivity contribution in [2.75, 3.05) is 42.5 Å². The van der Waals surface area contributed by atoms with Crippen LogP contribution >= 0.6 is 0 Å². The van der Waals surface area contributed by atoms with Crippen LogP contribution in [0, 0.1) is 5.82 Å². The Kier molecular flexibility index (Phi) is 5.36. The highest BCUT2D eigenvalue weighted by atomic mass is 19.1. The molecule has 1 atom stereocenters. The Bertz CT molecular complexity index is 822. The van der Waals surface area contributed by atoms with E-state index in [-0.39, 0.29) is 11.5 Å². The second-order valence-corrected chi connectivity index (χ2v) is 7.42. The van der Waals surface area contributed by atoms with Crippen LogP contribution in [0.2, 0.25) is 0 Å². The Balaban J connectivity index is 1.37. The third-order valence-corrected chi connectivity index (χ3v) is 5.63. The zero-order chi connectivity index (χ0) is 19.5. The summed E-state index contributed by atoms with van der Waals surface area (Å²) in [6.07, 6.45) is 6.17. The summed E-state index contributed by atoms with van der Waals surface area (Å²) >= 11 is 0. The Labute approximate surface area is 164 Å². The minimum absolute atomic E-state index is 0.0724. The molecule has 0 aromatic carbocycles. The summed E-state index contributed by atoms with van der Waals surface area (Å²) in [6, 6.07) is 5.96. The Morgan fingerprint density at radius 1 is 1.04 bits per heavy atom. The molecule has 148 valence electrons. The molecular formula is C20H25FN6O. The largest absolute Gasteiger partial charge is 0.352 e. The Morgan fingerprint density at radius 2 is 1.79 bits per heavy atom. The average molecular weight is 384 g/mol. The van der Waals surface area contributed by atoms with Crippen LogP contribution in [0.5, 0.6) is 0 Å². The second kappa shape index (κ2) is 8.08. The van der Waals surface area contributed by atoms with Crippen LogP contribution in [0.3, 0.4) is 0 Å². The molecule has 4 rings (SSSR count). The zero-order valence-electron chi connectivity index (χ0n) is 16.1. The van der Waals surface area contributed by atoms with Crippen molar-refractivity contribution in [1.82, 2.24) is 20.1 Å². The standard InChI is InChI=1S/C20H25FN6O/c1-15-4-2-3-9-27(15)19-6-5-18(23-24-19)25-10-12-26(13-11-25)20(28)16-7-8-22-14-17(16)21/h5-8,14-15H,2-4,9-13H2,1H3. The van der Waals surface area contributed by atoms with Crippen LogP contribution in [0.1, 0.15) is 36.5 Å². The predicted molar refractivity (Wildman–Crippen MR) is 105 cm³/mol. The van der Waals surface area contributed by atoms with Gasteiger partial charge in [-0.3, -0.25) is 9.78 Å². The number of carbonyl (C=O) groups excluding carboxylic acids is 1. The van der Waals surface area contributed by atoms with Crippen molar-refractivity contribution in [1.29, 1.82) is 0 Å². The van der Waals surface area contributed by atoms with Crippen molar-refractivity contribution in [3.05, 3.63) is 42.0 Å². The van der Waals surface area contributed by atoms with Gasteiger partial charge < -0.3 is 14.7 Å². The monoisotopic (exact) mass is 384 g/mol. The van der Waals surface area contributed by atoms with Gasteiger partial charge in [0.2, 0.25) is 0 Å². The van der Waals surface area contributed by atoms with Gasteiger partial charge >= 0.3 is 0 Å². The third kappa shape index (κ3) is 3.76. The molecule has 0 bridgehead atoms. The van der Waals surface area contributed by atoms with E-state index in [0.717, 1.165) is 24.4 Å². The molecule has 1 amide bonds. The van der Waals surface area contributed by atoms with Crippen LogP contribution < -0.4 is 9.80 Å². The number of hydrogen-bond acceptors (Lipinski definition) is 6. The minimum Gasteiger partial charge on any atom is -0.352 e. The molecule has 2 aromatic rings. The summed E-state index contributed by atoms with van der Waals surface area (Å²) in [6.45, 7) is 5.59. The van der Waals surface area contributed by atoms with Crippen molar-refractivity contribution >= 4 is 17.5 Å². The molecule has 8 heteroatoms. The summed E-state index contributed by atoms with van der Waals surface area (Å²) in [5.41, 5.74) is 0.0724. The molecule has 2 aliphatic rings. The van der Waals surface area contributed by atoms with Gasteiger partial charge in [-0.2, -0.15) is 0 Å². The number of nitrogens with zero attached hydrogens (tertiary/aromatic N) is 6. The first-order valence-electron chi connectivity index (χ1n) is 9.87. The van der Waals surface area contributed by atoms with Crippen molar-refractivity contribution in [3.63, 3.8) is 0 Å². The van der Waals surface area contributed by atoms with E-state index in [1.807, 2.05) is 12.1 Å². The summed E-state index contributed by atoms with van der Waals surface area (Å²) in [4.78, 5) is 22.3. The van der Waals surface area contributed by atoms with Crippen LogP contribution in [-0.2, 0) is 0 Å². The Hall–Kier alpha value is -2.77. The number of aromatic nitrogens is 3. The number of carbonyl (C=O) groups is 1. The summed E-state index contributed by atoms with van der Waals surface area (Å²) < 4.78 is 13.8. The Morgan fingerprint density at radius 3 is 2.46 bits per heavy atom. The first kappa shape index (κ1) is 18.6. The smallest absolute Gasteiger partial charge is 0.257 e. The van der Waals surface area contributed by atoms with Gasteiger partial charge in [-0.1, -0.05) is 0 Å². The van der Waals surface area contributed by atoms with E-state index in [9.17, 15) is 9.18 Å². The van der Waals surface area contributed by atoms with E-state index < -0.39 is 5.82 Å². The van der Waals surface area contributed by atoms with Gasteiger partial charge in [0.1, 0.15) is 0 Å². The van der Waals surface area contributed by atoms with Crippen LogP contribution in [-0.4, -0.2) is 64.8 Å². The van der Waals surface area contributed by atoms with Crippen molar-refractivity contribution in [3.8, 4) is 0 Å². The predicted octanol–water partition coefficient (Wildman–Crippen LogP) is 2.35. The van der Waals surface area contributed by atoms with E-state index in [1.165, 1.54) is 31.5 Å². The molecular weight excluding hydrogens is 359 g/mol. The summed E-state index contributed by atoms with van der Waals surface area (Å²) in [5, 5.41) is 8.86. The molecule has 0 radical (unpaired) electrons. The molecule has 2 saturated heterocycles. The molecule has 2 fully saturated rings. The number of pyridine rings is 1. The van der Waals surface area contributed by atoms with Crippen molar-refractivity contribution < 1.29 is 9.18 Å². The van der Waals surface area contributed by atoms with E-state index in [2.05, 4.69) is 31.9 Å². The number of hydrogen-bond donors (Lipinski definition) is 0. The molecule has 0 aliphatic carbocycles. The fraction of sp³-hybridized carbons (Fsp3) is 0.500. The van der Waals surface area contributed by atoms with E-state index >= 15 is 0 Å². The second-order valence-electron chi connectivity index (χ2n) is 7.42. The van der Waals surface area contributed by atoms with Gasteiger partial charge in [0.05, 0.1) is 11.8 Å². The SMILES string of the molecule is CC1CCCCN1c1ccc(N2CCN(C(=O)c3ccncc3F)CC2)nn1. The highest BCUT2D eigenvalue weighted by Gasteiger charge is 2.25. The molecule has 2 aromatic heterocycles. The highest BCUT2D eigenvalue weighted by molar-refractivity contribution is 5.94. The number of anilines is 2. The fourth-order valence-corrected chi connectivity index (χ4v) is 3.94. The average Bonchev–Trinajstić information content (AvgIpc) is 2.74. The lowest BCUT2D eigenvalue weighted by molar-refractivity contribution is 0.0741. The minimum atomic E-state index is -0.580. The van der Waals surface area contributed by atoms with E-state index in [0.29, 0.717) is 32.2 Å². The lowest BCUT2D eigenvalue weighted by Gasteiger charge is -2.36. The fourth-order valence-electron chi connectivity index (χ4n) is 3.94. The molecule has 4 heterocycles. The lowest BCUT2D eigenvalue weighted by Crippen LogP contribution is -2.49. The first-order chi connectivity index (χ1) is 13.6. The zero-order valence-corrected chi connectivity index (χ0v) is 16.1. The summed E-state index contributed by atoms with van der Waals surface area (Å²) in [5.74, 6) is 0.872. The van der Waals surface area contributed by atoms with Crippen LogP contribution in [0.15, 0.2) is 30.6 Å². The van der Waals surface area contributed by atoms with Gasteiger partial charge in [-0.05, 0) is 44.4 Å². The maximum atomic E-state index is 13.8. The van der Waals surface area contributed by atoms with Crippen LogP contribution in [0.4, 0.5) is 16.0 Å². The lowest BCUT2D eigenvalue weighted by atomic mass is 10.0. The quantitative estimate of drug-likeness (QED) is 0.809. The number of piperidine rings is 1. The van der Waals surface area contributed by atoms with Gasteiger partial charge in [-0.25, -0.2) is 4.39 Å². The normalized spacial score (nSPS) is 20.4. The molecule has 0 spiro atoms. The number of piperazine rings is 1. The molecule has 1 unspecified atom stereocenters. The topological polar surface area (TPSA) is 65.5 Å². The van der Waals surface area contributed by atoms with Crippen molar-refractivity contribution in [2.24, 2.45) is 0 Å². The van der Waals surface area contributed by atoms with Crippen molar-refractivity contribution in [2.45, 2.75) is 32.2 Å². The summed E-state index contributed by atoms with van der Waals surface area (Å²) in [7, 11) is 0. The number of amides is 1. The maximum Gasteiger partial charge on any atom is 0.257 e. The number of halogens is 1. The van der Waals surface area contributed by atoms with E-state index in [4.69, 9.17) is 0 Å².